The van der Waals surface area contributed by atoms with E-state index >= 15 is 0 Å². The average molecular weight is 689 g/mol. The summed E-state index contributed by atoms with van der Waals surface area (Å²) in [4.78, 5) is 20.2. The highest BCUT2D eigenvalue weighted by molar-refractivity contribution is 5.73. The Morgan fingerprint density at radius 3 is 1.34 bits per heavy atom. The van der Waals surface area contributed by atoms with Crippen LogP contribution in [0.5, 0.6) is 0 Å². The lowest BCUT2D eigenvalue weighted by atomic mass is 9.72. The fourth-order valence-electron chi connectivity index (χ4n) is 3.69. The summed E-state index contributed by atoms with van der Waals surface area (Å²) in [6.07, 6.45) is 34.8. The molecule has 2 nitrogen and oxygen atoms in total. The summed E-state index contributed by atoms with van der Waals surface area (Å²) in [5.41, 5.74) is 6.20. The zero-order chi connectivity index (χ0) is 40.4. The maximum absolute atomic E-state index is 10.1. The van der Waals surface area contributed by atoms with Gasteiger partial charge in [0.15, 0.2) is 0 Å². The highest BCUT2D eigenvalue weighted by Crippen LogP contribution is 2.40. The topological polar surface area (TPSA) is 34.1 Å². The van der Waals surface area contributed by atoms with E-state index in [1.807, 2.05) is 0 Å². The molecule has 0 saturated heterocycles. The first-order valence-corrected chi connectivity index (χ1v) is 16.3. The lowest BCUT2D eigenvalue weighted by Crippen LogP contribution is -2.19. The molecule has 2 heteroatoms. The minimum Gasteiger partial charge on any atom is -0.298 e. The standard InChI is InChI=1S/C16H26.C15H4.C10H12O2.C10H2/c1-6-8-13(2)10-11-15-14(3)9-7-12-16(15,4)5;1-3-5-7-9-11-13-15-14-12-10-8-6-4-2;1-9(7-11)5-3-4-6-10(2)8-12;1-3-5-7-9-10-8-6-4-2/h8,10-11H,6-7,9,12H2,1-5H3;1H,2H3;3-8H,1-2H3;1-2H/b11-10+,13-8+;;4-3+,9-5+,10-6+;. The van der Waals surface area contributed by atoms with Crippen LogP contribution in [-0.4, -0.2) is 12.6 Å². The Morgan fingerprint density at radius 1 is 0.642 bits per heavy atom. The third kappa shape index (κ3) is 35.6. The molecule has 0 aliphatic heterocycles. The minimum atomic E-state index is 0.366. The summed E-state index contributed by atoms with van der Waals surface area (Å²) in [5.74, 6) is 50.3. The summed E-state index contributed by atoms with van der Waals surface area (Å²) >= 11 is 0. The molecular weight excluding hydrogens is 645 g/mol. The zero-order valence-electron chi connectivity index (χ0n) is 32.1. The van der Waals surface area contributed by atoms with Gasteiger partial charge in [0.2, 0.25) is 0 Å². The second-order valence-corrected chi connectivity index (χ2v) is 10.9. The maximum atomic E-state index is 10.1. The maximum Gasteiger partial charge on any atom is 0.145 e. The fraction of sp³-hybridized carbons (Fsp3) is 0.255. The smallest absolute Gasteiger partial charge is 0.145 e. The van der Waals surface area contributed by atoms with E-state index in [0.29, 0.717) is 16.6 Å². The summed E-state index contributed by atoms with van der Waals surface area (Å²) < 4.78 is 0. The van der Waals surface area contributed by atoms with Crippen LogP contribution >= 0.6 is 0 Å². The number of terminal acetylenes is 3. The first-order chi connectivity index (χ1) is 25.5. The van der Waals surface area contributed by atoms with Crippen molar-refractivity contribution in [3.63, 3.8) is 0 Å². The zero-order valence-corrected chi connectivity index (χ0v) is 32.1. The Morgan fingerprint density at radius 2 is 1.02 bits per heavy atom. The predicted molar refractivity (Wildman–Crippen MR) is 224 cm³/mol. The molecule has 53 heavy (non-hydrogen) atoms. The normalized spacial score (nSPS) is 11.4. The van der Waals surface area contributed by atoms with E-state index in [2.05, 4.69) is 177 Å². The molecule has 0 amide bonds. The Labute approximate surface area is 321 Å². The van der Waals surface area contributed by atoms with E-state index < -0.39 is 0 Å². The SMILES string of the molecule is C#CC#CC#CC#CC#C.C#CC#CC#CC#CC#CC#CC#CC.CC/C=C(C)/C=C/C1=C(C)CCCC1(C)C.C\C(C=O)=C/C=C/C=C(\C)C=O. The van der Waals surface area contributed by atoms with Gasteiger partial charge in [0.1, 0.15) is 12.6 Å². The van der Waals surface area contributed by atoms with Gasteiger partial charge in [-0.25, -0.2) is 0 Å². The van der Waals surface area contributed by atoms with E-state index in [0.717, 1.165) is 19.0 Å². The molecule has 0 fully saturated rings. The highest BCUT2D eigenvalue weighted by atomic mass is 16.1. The molecule has 0 bridgehead atoms. The van der Waals surface area contributed by atoms with Crippen molar-refractivity contribution in [1.82, 2.24) is 0 Å². The van der Waals surface area contributed by atoms with Gasteiger partial charge in [-0.2, -0.15) is 0 Å². The van der Waals surface area contributed by atoms with Crippen molar-refractivity contribution in [2.75, 3.05) is 0 Å². The third-order valence-corrected chi connectivity index (χ3v) is 6.06. The molecular formula is C51H44O2. The molecule has 0 spiro atoms. The van der Waals surface area contributed by atoms with Gasteiger partial charge >= 0.3 is 0 Å². The summed E-state index contributed by atoms with van der Waals surface area (Å²) in [6, 6.07) is 0. The molecule has 0 radical (unpaired) electrons. The molecule has 0 aromatic rings. The first kappa shape index (κ1) is 49.9. The van der Waals surface area contributed by atoms with Crippen LogP contribution in [-0.2, 0) is 9.59 Å². The lowest BCUT2D eigenvalue weighted by molar-refractivity contribution is -0.105. The van der Waals surface area contributed by atoms with E-state index in [4.69, 9.17) is 19.3 Å². The molecule has 0 unspecified atom stereocenters. The molecule has 260 valence electrons. The number of carbonyl (C=O) groups is 2. The monoisotopic (exact) mass is 688 g/mol. The Bertz CT molecular complexity index is 2090. The second kappa shape index (κ2) is 37.3. The quantitative estimate of drug-likeness (QED) is 0.117. The van der Waals surface area contributed by atoms with Crippen LogP contribution in [0.4, 0.5) is 0 Å². The van der Waals surface area contributed by atoms with Crippen molar-refractivity contribution < 1.29 is 9.59 Å². The van der Waals surface area contributed by atoms with Crippen LogP contribution in [0, 0.1) is 149 Å². The third-order valence-electron chi connectivity index (χ3n) is 6.06. The summed E-state index contributed by atoms with van der Waals surface area (Å²) in [6.45, 7) is 16.5. The molecule has 0 atom stereocenters. The van der Waals surface area contributed by atoms with Gasteiger partial charge in [-0.05, 0) is 201 Å². The van der Waals surface area contributed by atoms with Crippen molar-refractivity contribution in [1.29, 1.82) is 0 Å². The second-order valence-electron chi connectivity index (χ2n) is 10.9. The fourth-order valence-corrected chi connectivity index (χ4v) is 3.69. The van der Waals surface area contributed by atoms with Crippen molar-refractivity contribution in [3.05, 3.63) is 70.4 Å². The largest absolute Gasteiger partial charge is 0.298 e. The molecule has 1 aliphatic rings. The number of hydrogen-bond acceptors (Lipinski definition) is 2. The summed E-state index contributed by atoms with van der Waals surface area (Å²) in [7, 11) is 0. The molecule has 1 aliphatic carbocycles. The number of hydrogen-bond donors (Lipinski definition) is 0. The van der Waals surface area contributed by atoms with E-state index in [-0.39, 0.29) is 0 Å². The number of rotatable bonds is 7. The number of allylic oxidation sites excluding steroid dienone is 12. The van der Waals surface area contributed by atoms with Gasteiger partial charge in [-0.15, -0.1) is 19.3 Å². The molecule has 0 N–H and O–H groups in total. The average Bonchev–Trinajstić information content (AvgIpc) is 3.14. The van der Waals surface area contributed by atoms with Crippen LogP contribution in [0.3, 0.4) is 0 Å². The first-order valence-electron chi connectivity index (χ1n) is 16.3. The predicted octanol–water partition coefficient (Wildman–Crippen LogP) is 8.18. The molecule has 0 heterocycles. The van der Waals surface area contributed by atoms with Gasteiger partial charge in [0.25, 0.3) is 0 Å². The van der Waals surface area contributed by atoms with Crippen molar-refractivity contribution in [2.45, 2.75) is 81.1 Å². The van der Waals surface area contributed by atoms with E-state index in [1.165, 1.54) is 24.8 Å². The molecule has 1 rings (SSSR count). The lowest BCUT2D eigenvalue weighted by Gasteiger charge is -2.32. The number of carbonyl (C=O) groups excluding carboxylic acids is 2. The van der Waals surface area contributed by atoms with Gasteiger partial charge in [-0.1, -0.05) is 80.4 Å². The van der Waals surface area contributed by atoms with Crippen molar-refractivity contribution in [2.24, 2.45) is 5.41 Å². The van der Waals surface area contributed by atoms with Gasteiger partial charge < -0.3 is 0 Å². The van der Waals surface area contributed by atoms with Crippen LogP contribution in [0.15, 0.2) is 70.4 Å². The van der Waals surface area contributed by atoms with Crippen LogP contribution in [0.1, 0.15) is 81.1 Å². The molecule has 0 aromatic heterocycles. The van der Waals surface area contributed by atoms with E-state index in [9.17, 15) is 9.59 Å². The number of aldehydes is 2. The summed E-state index contributed by atoms with van der Waals surface area (Å²) in [5, 5.41) is 0. The molecule has 0 saturated carbocycles. The Kier molecular flexibility index (Phi) is 35.1. The highest BCUT2D eigenvalue weighted by Gasteiger charge is 2.26. The van der Waals surface area contributed by atoms with Crippen LogP contribution in [0.25, 0.3) is 0 Å². The van der Waals surface area contributed by atoms with Crippen LogP contribution < -0.4 is 0 Å². The Balaban J connectivity index is -0.000000639. The van der Waals surface area contributed by atoms with Crippen molar-refractivity contribution >= 4 is 12.6 Å². The van der Waals surface area contributed by atoms with Gasteiger partial charge in [0, 0.05) is 0 Å². The van der Waals surface area contributed by atoms with Gasteiger partial charge in [-0.3, -0.25) is 9.59 Å². The molecule has 0 aromatic carbocycles. The Hall–Kier alpha value is -7.50. The van der Waals surface area contributed by atoms with Gasteiger partial charge in [0.05, 0.1) is 0 Å². The minimum absolute atomic E-state index is 0.366. The van der Waals surface area contributed by atoms with Crippen molar-refractivity contribution in [3.8, 4) is 144 Å². The van der Waals surface area contributed by atoms with E-state index in [1.54, 1.807) is 56.2 Å². The van der Waals surface area contributed by atoms with Crippen LogP contribution in [0.2, 0.25) is 0 Å².